The Morgan fingerprint density at radius 3 is 2.18 bits per heavy atom. The first-order valence-electron chi connectivity index (χ1n) is 9.76. The van der Waals surface area contributed by atoms with E-state index in [9.17, 15) is 9.59 Å². The smallest absolute Gasteiger partial charge is 0.242 e. The molecule has 150 valence electrons. The van der Waals surface area contributed by atoms with Gasteiger partial charge in [0.2, 0.25) is 11.8 Å². The lowest BCUT2D eigenvalue weighted by atomic mass is 10.1. The van der Waals surface area contributed by atoms with Gasteiger partial charge in [-0.15, -0.1) is 11.8 Å². The van der Waals surface area contributed by atoms with Crippen LogP contribution in [0.15, 0.2) is 65.6 Å². The number of thioether (sulfide) groups is 1. The van der Waals surface area contributed by atoms with E-state index in [0.29, 0.717) is 24.8 Å². The van der Waals surface area contributed by atoms with Crippen molar-refractivity contribution >= 4 is 23.6 Å². The number of nitrogens with zero attached hydrogens (tertiary/aromatic N) is 1. The van der Waals surface area contributed by atoms with Crippen molar-refractivity contribution in [1.82, 2.24) is 10.2 Å². The van der Waals surface area contributed by atoms with Crippen LogP contribution in [0.2, 0.25) is 0 Å². The molecular weight excluding hydrogens is 368 g/mol. The third kappa shape index (κ3) is 7.39. The number of hydrogen-bond donors (Lipinski definition) is 1. The average molecular weight is 399 g/mol. The van der Waals surface area contributed by atoms with Crippen LogP contribution in [0.3, 0.4) is 0 Å². The molecule has 0 unspecified atom stereocenters. The van der Waals surface area contributed by atoms with Crippen molar-refractivity contribution < 1.29 is 9.59 Å². The number of carbonyl (C=O) groups excluding carboxylic acids is 2. The standard InChI is InChI=1S/C23H30N2O2S/c1-18(2)16-24-23(27)19(3)25(15-14-20-10-6-4-7-11-20)22(26)17-28-21-12-8-5-9-13-21/h4-13,18-19H,14-17H2,1-3H3,(H,24,27)/t19-/m0/s1. The van der Waals surface area contributed by atoms with E-state index < -0.39 is 6.04 Å². The number of hydrogen-bond acceptors (Lipinski definition) is 3. The Labute approximate surface area is 172 Å². The fraction of sp³-hybridized carbons (Fsp3) is 0.391. The van der Waals surface area contributed by atoms with Crippen molar-refractivity contribution in [2.75, 3.05) is 18.8 Å². The SMILES string of the molecule is CC(C)CNC(=O)[C@H](C)N(CCc1ccccc1)C(=O)CSc1ccccc1. The number of carbonyl (C=O) groups is 2. The molecule has 0 radical (unpaired) electrons. The van der Waals surface area contributed by atoms with Gasteiger partial charge in [0.25, 0.3) is 0 Å². The van der Waals surface area contributed by atoms with Crippen molar-refractivity contribution in [1.29, 1.82) is 0 Å². The van der Waals surface area contributed by atoms with Crippen LogP contribution in [-0.2, 0) is 16.0 Å². The molecule has 1 atom stereocenters. The molecule has 0 aliphatic heterocycles. The van der Waals surface area contributed by atoms with Crippen LogP contribution in [0.4, 0.5) is 0 Å². The van der Waals surface area contributed by atoms with Gasteiger partial charge in [-0.05, 0) is 37.0 Å². The summed E-state index contributed by atoms with van der Waals surface area (Å²) in [5, 5.41) is 2.95. The fourth-order valence-electron chi connectivity index (χ4n) is 2.77. The van der Waals surface area contributed by atoms with Crippen molar-refractivity contribution in [3.05, 3.63) is 66.2 Å². The van der Waals surface area contributed by atoms with Crippen molar-refractivity contribution in [2.24, 2.45) is 5.92 Å². The third-order valence-corrected chi connectivity index (χ3v) is 5.44. The van der Waals surface area contributed by atoms with Crippen LogP contribution in [0, 0.1) is 5.92 Å². The second-order valence-electron chi connectivity index (χ2n) is 7.24. The van der Waals surface area contributed by atoms with Crippen molar-refractivity contribution in [2.45, 2.75) is 38.1 Å². The first-order valence-corrected chi connectivity index (χ1v) is 10.7. The zero-order valence-corrected chi connectivity index (χ0v) is 17.7. The van der Waals surface area contributed by atoms with E-state index >= 15 is 0 Å². The van der Waals surface area contributed by atoms with Crippen molar-refractivity contribution in [3.8, 4) is 0 Å². The lowest BCUT2D eigenvalue weighted by Gasteiger charge is -2.29. The maximum atomic E-state index is 12.9. The summed E-state index contributed by atoms with van der Waals surface area (Å²) in [7, 11) is 0. The third-order valence-electron chi connectivity index (χ3n) is 4.44. The van der Waals surface area contributed by atoms with E-state index in [1.165, 1.54) is 11.8 Å². The molecule has 0 bridgehead atoms. The summed E-state index contributed by atoms with van der Waals surface area (Å²) in [6.45, 7) is 7.06. The summed E-state index contributed by atoms with van der Waals surface area (Å²) in [6.07, 6.45) is 0.727. The molecule has 0 aliphatic rings. The Bertz CT molecular complexity index is 735. The van der Waals surface area contributed by atoms with Gasteiger partial charge in [0.1, 0.15) is 6.04 Å². The molecule has 0 saturated carbocycles. The minimum Gasteiger partial charge on any atom is -0.354 e. The Hall–Kier alpha value is -2.27. The second-order valence-corrected chi connectivity index (χ2v) is 8.29. The molecule has 2 aromatic rings. The van der Waals surface area contributed by atoms with Gasteiger partial charge in [-0.25, -0.2) is 0 Å². The van der Waals surface area contributed by atoms with Gasteiger partial charge in [-0.2, -0.15) is 0 Å². The lowest BCUT2D eigenvalue weighted by Crippen LogP contribution is -2.50. The molecule has 0 aliphatic carbocycles. The molecule has 0 heterocycles. The van der Waals surface area contributed by atoms with Crippen LogP contribution < -0.4 is 5.32 Å². The van der Waals surface area contributed by atoms with E-state index in [-0.39, 0.29) is 11.8 Å². The van der Waals surface area contributed by atoms with Gasteiger partial charge in [0, 0.05) is 18.0 Å². The Morgan fingerprint density at radius 2 is 1.57 bits per heavy atom. The molecule has 28 heavy (non-hydrogen) atoms. The van der Waals surface area contributed by atoms with E-state index in [0.717, 1.165) is 16.9 Å². The lowest BCUT2D eigenvalue weighted by molar-refractivity contribution is -0.138. The molecule has 2 amide bonds. The molecule has 1 N–H and O–H groups in total. The predicted octanol–water partition coefficient (Wildman–Crippen LogP) is 4.01. The number of nitrogens with one attached hydrogen (secondary N) is 1. The molecule has 2 rings (SSSR count). The van der Waals surface area contributed by atoms with Crippen LogP contribution >= 0.6 is 11.8 Å². The van der Waals surface area contributed by atoms with Crippen molar-refractivity contribution in [3.63, 3.8) is 0 Å². The molecule has 2 aromatic carbocycles. The molecule has 4 nitrogen and oxygen atoms in total. The zero-order chi connectivity index (χ0) is 20.4. The first-order chi connectivity index (χ1) is 13.5. The normalized spacial score (nSPS) is 11.9. The topological polar surface area (TPSA) is 49.4 Å². The van der Waals surface area contributed by atoms with E-state index in [1.807, 2.05) is 67.6 Å². The maximum Gasteiger partial charge on any atom is 0.242 e. The highest BCUT2D eigenvalue weighted by molar-refractivity contribution is 8.00. The van der Waals surface area contributed by atoms with Gasteiger partial charge in [0.05, 0.1) is 5.75 Å². The van der Waals surface area contributed by atoms with Crippen LogP contribution in [0.25, 0.3) is 0 Å². The monoisotopic (exact) mass is 398 g/mol. The summed E-state index contributed by atoms with van der Waals surface area (Å²) < 4.78 is 0. The molecular formula is C23H30N2O2S. The number of rotatable bonds is 10. The summed E-state index contributed by atoms with van der Waals surface area (Å²) in [5.74, 6) is 0.579. The number of benzene rings is 2. The van der Waals surface area contributed by atoms with Gasteiger partial charge in [0.15, 0.2) is 0 Å². The summed E-state index contributed by atoms with van der Waals surface area (Å²) in [5.41, 5.74) is 1.16. The quantitative estimate of drug-likeness (QED) is 0.615. The largest absolute Gasteiger partial charge is 0.354 e. The molecule has 5 heteroatoms. The molecule has 0 aromatic heterocycles. The van der Waals surface area contributed by atoms with Gasteiger partial charge in [-0.3, -0.25) is 9.59 Å². The zero-order valence-electron chi connectivity index (χ0n) is 16.9. The van der Waals surface area contributed by atoms with E-state index in [1.54, 1.807) is 4.90 Å². The fourth-order valence-corrected chi connectivity index (χ4v) is 3.57. The summed E-state index contributed by atoms with van der Waals surface area (Å²) in [6, 6.07) is 19.4. The van der Waals surface area contributed by atoms with Gasteiger partial charge < -0.3 is 10.2 Å². The Kier molecular flexibility index (Phi) is 9.08. The second kappa shape index (κ2) is 11.5. The highest BCUT2D eigenvalue weighted by atomic mass is 32.2. The van der Waals surface area contributed by atoms with Crippen LogP contribution in [0.5, 0.6) is 0 Å². The highest BCUT2D eigenvalue weighted by Crippen LogP contribution is 2.18. The minimum atomic E-state index is -0.494. The number of amides is 2. The Morgan fingerprint density at radius 1 is 0.964 bits per heavy atom. The first kappa shape index (κ1) is 22.0. The summed E-state index contributed by atoms with van der Waals surface area (Å²) in [4.78, 5) is 28.3. The molecule has 0 fully saturated rings. The highest BCUT2D eigenvalue weighted by Gasteiger charge is 2.25. The molecule has 0 saturated heterocycles. The predicted molar refractivity (Wildman–Crippen MR) is 116 cm³/mol. The van der Waals surface area contributed by atoms with E-state index in [2.05, 4.69) is 19.2 Å². The Balaban J connectivity index is 2.03. The van der Waals surface area contributed by atoms with Crippen LogP contribution in [-0.4, -0.2) is 41.6 Å². The van der Waals surface area contributed by atoms with Crippen LogP contribution in [0.1, 0.15) is 26.3 Å². The maximum absolute atomic E-state index is 12.9. The van der Waals surface area contributed by atoms with Gasteiger partial charge >= 0.3 is 0 Å². The summed E-state index contributed by atoms with van der Waals surface area (Å²) >= 11 is 1.50. The van der Waals surface area contributed by atoms with Gasteiger partial charge in [-0.1, -0.05) is 62.4 Å². The van der Waals surface area contributed by atoms with E-state index in [4.69, 9.17) is 0 Å². The average Bonchev–Trinajstić information content (AvgIpc) is 2.72. The minimum absolute atomic E-state index is 0.0167. The molecule has 0 spiro atoms.